The number of nitrogens with zero attached hydrogens (tertiary/aromatic N) is 2. The smallest absolute Gasteiger partial charge is 0.256 e. The Hall–Kier alpha value is -4.40. The summed E-state index contributed by atoms with van der Waals surface area (Å²) in [5.74, 6) is -0.0396. The number of benzene rings is 2. The Bertz CT molecular complexity index is 1510. The summed E-state index contributed by atoms with van der Waals surface area (Å²) < 4.78 is 0. The minimum atomic E-state index is -0.328. The molecule has 9 nitrogen and oxygen atoms in total. The molecule has 0 spiro atoms. The van der Waals surface area contributed by atoms with Crippen molar-refractivity contribution in [3.05, 3.63) is 66.0 Å². The first-order chi connectivity index (χ1) is 19.0. The van der Waals surface area contributed by atoms with Crippen molar-refractivity contribution in [1.82, 2.24) is 20.5 Å². The van der Waals surface area contributed by atoms with Gasteiger partial charge in [0.05, 0.1) is 11.8 Å². The van der Waals surface area contributed by atoms with E-state index in [-0.39, 0.29) is 29.7 Å². The maximum atomic E-state index is 13.3. The largest absolute Gasteiger partial charge is 0.349 e. The van der Waals surface area contributed by atoms with Gasteiger partial charge in [0.1, 0.15) is 5.82 Å². The quantitative estimate of drug-likeness (QED) is 0.264. The molecular weight excluding hydrogens is 492 g/mol. The summed E-state index contributed by atoms with van der Waals surface area (Å²) in [6.07, 6.45) is 10.7. The Labute approximate surface area is 226 Å². The van der Waals surface area contributed by atoms with E-state index in [1.165, 1.54) is 6.42 Å². The summed E-state index contributed by atoms with van der Waals surface area (Å²) in [6, 6.07) is 13.0. The number of amides is 3. The van der Waals surface area contributed by atoms with E-state index in [9.17, 15) is 14.4 Å². The predicted molar refractivity (Wildman–Crippen MR) is 151 cm³/mol. The van der Waals surface area contributed by atoms with Crippen molar-refractivity contribution in [3.63, 3.8) is 0 Å². The minimum Gasteiger partial charge on any atom is -0.349 e. The lowest BCUT2D eigenvalue weighted by molar-refractivity contribution is -0.123. The maximum absolute atomic E-state index is 13.3. The van der Waals surface area contributed by atoms with Gasteiger partial charge in [0.25, 0.3) is 11.8 Å². The van der Waals surface area contributed by atoms with Crippen LogP contribution in [0.4, 0.5) is 11.5 Å². The number of hydrogen-bond acceptors (Lipinski definition) is 4. The first kappa shape index (κ1) is 24.9. The van der Waals surface area contributed by atoms with Crippen LogP contribution in [0.1, 0.15) is 65.7 Å². The van der Waals surface area contributed by atoms with E-state index in [0.29, 0.717) is 27.8 Å². The predicted octanol–water partition coefficient (Wildman–Crippen LogP) is 5.25. The zero-order valence-corrected chi connectivity index (χ0v) is 21.9. The normalized spacial score (nSPS) is 15.7. The van der Waals surface area contributed by atoms with Gasteiger partial charge in [-0.3, -0.25) is 19.5 Å². The summed E-state index contributed by atoms with van der Waals surface area (Å²) in [5.41, 5.74) is 4.17. The van der Waals surface area contributed by atoms with E-state index in [1.54, 1.807) is 36.5 Å². The SMILES string of the molecule is CN(C(=O)C1CCCCC1)c1ccc2c(C(=O)NC3CC3)c(NC(=O)c3ccc(-c4cn[nH]c4)cc3)[nH]c2c1. The van der Waals surface area contributed by atoms with Gasteiger partial charge >= 0.3 is 0 Å². The monoisotopic (exact) mass is 524 g/mol. The average molecular weight is 525 g/mol. The summed E-state index contributed by atoms with van der Waals surface area (Å²) in [6.45, 7) is 0. The first-order valence-corrected chi connectivity index (χ1v) is 13.6. The van der Waals surface area contributed by atoms with Crippen LogP contribution in [0.2, 0.25) is 0 Å². The van der Waals surface area contributed by atoms with Crippen LogP contribution >= 0.6 is 0 Å². The zero-order chi connectivity index (χ0) is 26.9. The highest BCUT2D eigenvalue weighted by molar-refractivity contribution is 6.16. The molecule has 0 radical (unpaired) electrons. The Morgan fingerprint density at radius 1 is 0.923 bits per heavy atom. The highest BCUT2D eigenvalue weighted by atomic mass is 16.2. The van der Waals surface area contributed by atoms with Crippen molar-refractivity contribution in [2.24, 2.45) is 5.92 Å². The number of carbonyl (C=O) groups excluding carboxylic acids is 3. The van der Waals surface area contributed by atoms with Crippen molar-refractivity contribution in [1.29, 1.82) is 0 Å². The van der Waals surface area contributed by atoms with Gasteiger partial charge in [-0.25, -0.2) is 0 Å². The molecule has 0 atom stereocenters. The number of hydrogen-bond donors (Lipinski definition) is 4. The molecule has 2 aromatic heterocycles. The molecule has 2 saturated carbocycles. The average Bonchev–Trinajstić information content (AvgIpc) is 3.46. The van der Waals surface area contributed by atoms with Crippen molar-refractivity contribution in [2.45, 2.75) is 51.0 Å². The second kappa shape index (κ2) is 10.4. The number of rotatable bonds is 7. The number of H-pyrrole nitrogens is 2. The zero-order valence-electron chi connectivity index (χ0n) is 21.9. The third-order valence-electron chi connectivity index (χ3n) is 7.81. The molecule has 0 aliphatic heterocycles. The number of nitrogens with one attached hydrogen (secondary N) is 4. The lowest BCUT2D eigenvalue weighted by Gasteiger charge is -2.26. The van der Waals surface area contributed by atoms with Crippen molar-refractivity contribution >= 4 is 40.1 Å². The fraction of sp³-hybridized carbons (Fsp3) is 0.333. The van der Waals surface area contributed by atoms with Gasteiger partial charge in [-0.2, -0.15) is 5.10 Å². The Morgan fingerprint density at radius 2 is 1.69 bits per heavy atom. The molecule has 39 heavy (non-hydrogen) atoms. The molecule has 2 heterocycles. The molecule has 4 aromatic rings. The lowest BCUT2D eigenvalue weighted by Crippen LogP contribution is -2.33. The van der Waals surface area contributed by atoms with Gasteiger partial charge in [-0.1, -0.05) is 31.4 Å². The maximum Gasteiger partial charge on any atom is 0.256 e. The highest BCUT2D eigenvalue weighted by Gasteiger charge is 2.29. The summed E-state index contributed by atoms with van der Waals surface area (Å²) in [4.78, 5) is 44.6. The van der Waals surface area contributed by atoms with Crippen LogP contribution in [0.5, 0.6) is 0 Å². The molecule has 0 bridgehead atoms. The molecule has 200 valence electrons. The van der Waals surface area contributed by atoms with Crippen LogP contribution in [0.25, 0.3) is 22.0 Å². The molecule has 9 heteroatoms. The Balaban J connectivity index is 1.28. The highest BCUT2D eigenvalue weighted by Crippen LogP contribution is 2.33. The van der Waals surface area contributed by atoms with Crippen molar-refractivity contribution < 1.29 is 14.4 Å². The van der Waals surface area contributed by atoms with Crippen LogP contribution in [-0.2, 0) is 4.79 Å². The van der Waals surface area contributed by atoms with Crippen molar-refractivity contribution in [2.75, 3.05) is 17.3 Å². The third kappa shape index (κ3) is 5.16. The van der Waals surface area contributed by atoms with E-state index >= 15 is 0 Å². The van der Waals surface area contributed by atoms with Gasteiger partial charge in [0.15, 0.2) is 0 Å². The summed E-state index contributed by atoms with van der Waals surface area (Å²) in [7, 11) is 1.80. The van der Waals surface area contributed by atoms with Crippen LogP contribution in [0.15, 0.2) is 54.9 Å². The summed E-state index contributed by atoms with van der Waals surface area (Å²) in [5, 5.41) is 13.4. The number of aromatic amines is 2. The molecule has 2 fully saturated rings. The van der Waals surface area contributed by atoms with E-state index in [0.717, 1.165) is 55.3 Å². The van der Waals surface area contributed by atoms with Crippen LogP contribution in [-0.4, -0.2) is 46.0 Å². The van der Waals surface area contributed by atoms with Crippen LogP contribution < -0.4 is 15.5 Å². The Kier molecular flexibility index (Phi) is 6.64. The number of fused-ring (bicyclic) bond motifs is 1. The molecule has 2 aliphatic rings. The second-order valence-electron chi connectivity index (χ2n) is 10.6. The van der Waals surface area contributed by atoms with Crippen LogP contribution in [0, 0.1) is 5.92 Å². The molecule has 6 rings (SSSR count). The van der Waals surface area contributed by atoms with E-state index in [2.05, 4.69) is 25.8 Å². The molecule has 0 unspecified atom stereocenters. The van der Waals surface area contributed by atoms with Gasteiger partial charge in [0.2, 0.25) is 5.91 Å². The fourth-order valence-electron chi connectivity index (χ4n) is 5.37. The minimum absolute atomic E-state index is 0.0534. The van der Waals surface area contributed by atoms with Gasteiger partial charge < -0.3 is 20.5 Å². The number of aromatic nitrogens is 3. The molecule has 4 N–H and O–H groups in total. The molecule has 2 aromatic carbocycles. The first-order valence-electron chi connectivity index (χ1n) is 13.6. The van der Waals surface area contributed by atoms with Gasteiger partial charge in [-0.15, -0.1) is 0 Å². The fourth-order valence-corrected chi connectivity index (χ4v) is 5.37. The molecular formula is C30H32N6O3. The number of anilines is 2. The van der Waals surface area contributed by atoms with Crippen LogP contribution in [0.3, 0.4) is 0 Å². The Morgan fingerprint density at radius 3 is 2.38 bits per heavy atom. The van der Waals surface area contributed by atoms with E-state index < -0.39 is 0 Å². The van der Waals surface area contributed by atoms with Crippen molar-refractivity contribution in [3.8, 4) is 11.1 Å². The second-order valence-corrected chi connectivity index (χ2v) is 10.6. The number of carbonyl (C=O) groups is 3. The summed E-state index contributed by atoms with van der Waals surface area (Å²) >= 11 is 0. The van der Waals surface area contributed by atoms with E-state index in [1.807, 2.05) is 30.3 Å². The molecule has 3 amide bonds. The third-order valence-corrected chi connectivity index (χ3v) is 7.81. The topological polar surface area (TPSA) is 123 Å². The standard InChI is InChI=1S/C30H32N6O3/c1-36(30(39)20-5-3-2-4-6-20)23-13-14-24-25(15-23)34-27(26(24)29(38)33-22-11-12-22)35-28(37)19-9-7-18(8-10-19)21-16-31-32-17-21/h7-10,13-17,20,22,34H,2-6,11-12H2,1H3,(H,31,32)(H,33,38)(H,35,37). The van der Waals surface area contributed by atoms with E-state index in [4.69, 9.17) is 0 Å². The molecule has 2 aliphatic carbocycles. The molecule has 0 saturated heterocycles. The van der Waals surface area contributed by atoms with Gasteiger partial charge in [0, 0.05) is 52.9 Å². The lowest BCUT2D eigenvalue weighted by atomic mass is 9.88. The van der Waals surface area contributed by atoms with Gasteiger partial charge in [-0.05, 0) is 61.6 Å².